The van der Waals surface area contributed by atoms with E-state index in [1.807, 2.05) is 29.2 Å². The van der Waals surface area contributed by atoms with Crippen LogP contribution in [0.1, 0.15) is 36.2 Å². The average Bonchev–Trinajstić information content (AvgIpc) is 2.38. The summed E-state index contributed by atoms with van der Waals surface area (Å²) in [4.78, 5) is 14.3. The standard InChI is InChI=1S/C15H22N2O/c1-15(2,11-16)8-10-17-9-7-12-5-3-4-6-13(12)14(17)18/h3-6H,7-11,16H2,1-2H3. The van der Waals surface area contributed by atoms with Crippen LogP contribution in [0.5, 0.6) is 0 Å². The zero-order valence-electron chi connectivity index (χ0n) is 11.3. The molecule has 2 N–H and O–H groups in total. The molecule has 98 valence electrons. The van der Waals surface area contributed by atoms with Gasteiger partial charge >= 0.3 is 0 Å². The number of benzene rings is 1. The van der Waals surface area contributed by atoms with E-state index in [1.54, 1.807) is 0 Å². The van der Waals surface area contributed by atoms with Gasteiger partial charge in [0.1, 0.15) is 0 Å². The monoisotopic (exact) mass is 246 g/mol. The molecule has 0 aliphatic carbocycles. The van der Waals surface area contributed by atoms with Crippen molar-refractivity contribution in [2.75, 3.05) is 19.6 Å². The molecule has 18 heavy (non-hydrogen) atoms. The minimum absolute atomic E-state index is 0.108. The number of carbonyl (C=O) groups excluding carboxylic acids is 1. The van der Waals surface area contributed by atoms with Gasteiger partial charge in [-0.2, -0.15) is 0 Å². The average molecular weight is 246 g/mol. The van der Waals surface area contributed by atoms with Crippen LogP contribution in [0.2, 0.25) is 0 Å². The molecule has 1 aromatic rings. The van der Waals surface area contributed by atoms with Crippen molar-refractivity contribution in [2.45, 2.75) is 26.7 Å². The largest absolute Gasteiger partial charge is 0.338 e. The summed E-state index contributed by atoms with van der Waals surface area (Å²) >= 11 is 0. The second kappa shape index (κ2) is 5.11. The van der Waals surface area contributed by atoms with E-state index in [0.717, 1.165) is 31.5 Å². The Morgan fingerprint density at radius 3 is 2.78 bits per heavy atom. The molecular weight excluding hydrogens is 224 g/mol. The van der Waals surface area contributed by atoms with Crippen molar-refractivity contribution in [2.24, 2.45) is 11.1 Å². The van der Waals surface area contributed by atoms with Crippen molar-refractivity contribution >= 4 is 5.91 Å². The lowest BCUT2D eigenvalue weighted by Gasteiger charge is -2.32. The smallest absolute Gasteiger partial charge is 0.254 e. The Kier molecular flexibility index (Phi) is 3.71. The maximum atomic E-state index is 12.3. The van der Waals surface area contributed by atoms with Crippen molar-refractivity contribution < 1.29 is 4.79 Å². The fourth-order valence-corrected chi connectivity index (χ4v) is 2.23. The molecule has 1 amide bonds. The van der Waals surface area contributed by atoms with Gasteiger partial charge in [0.15, 0.2) is 0 Å². The van der Waals surface area contributed by atoms with Gasteiger partial charge in [-0.3, -0.25) is 4.79 Å². The maximum Gasteiger partial charge on any atom is 0.254 e. The first kappa shape index (κ1) is 13.1. The third-order valence-corrected chi connectivity index (χ3v) is 3.80. The Morgan fingerprint density at radius 1 is 1.33 bits per heavy atom. The van der Waals surface area contributed by atoms with E-state index in [4.69, 9.17) is 5.73 Å². The molecular formula is C15H22N2O. The third kappa shape index (κ3) is 2.72. The minimum atomic E-state index is 0.108. The van der Waals surface area contributed by atoms with E-state index < -0.39 is 0 Å². The predicted molar refractivity (Wildman–Crippen MR) is 73.5 cm³/mol. The fourth-order valence-electron chi connectivity index (χ4n) is 2.23. The minimum Gasteiger partial charge on any atom is -0.338 e. The van der Waals surface area contributed by atoms with Gasteiger partial charge in [0.2, 0.25) is 0 Å². The number of carbonyl (C=O) groups is 1. The van der Waals surface area contributed by atoms with Gasteiger partial charge in [-0.15, -0.1) is 0 Å². The number of nitrogens with zero attached hydrogens (tertiary/aromatic N) is 1. The van der Waals surface area contributed by atoms with E-state index in [2.05, 4.69) is 13.8 Å². The molecule has 3 heteroatoms. The first-order valence-corrected chi connectivity index (χ1v) is 6.61. The van der Waals surface area contributed by atoms with Crippen LogP contribution < -0.4 is 5.73 Å². The lowest BCUT2D eigenvalue weighted by Crippen LogP contribution is -2.40. The highest BCUT2D eigenvalue weighted by Gasteiger charge is 2.25. The molecule has 0 spiro atoms. The lowest BCUT2D eigenvalue weighted by molar-refractivity contribution is 0.0719. The zero-order chi connectivity index (χ0) is 13.2. The Hall–Kier alpha value is -1.35. The number of fused-ring (bicyclic) bond motifs is 1. The summed E-state index contributed by atoms with van der Waals surface area (Å²) in [6.07, 6.45) is 1.92. The number of nitrogens with two attached hydrogens (primary N) is 1. The Morgan fingerprint density at radius 2 is 2.06 bits per heavy atom. The van der Waals surface area contributed by atoms with Gasteiger partial charge in [0, 0.05) is 18.7 Å². The van der Waals surface area contributed by atoms with Crippen LogP contribution in [0.15, 0.2) is 24.3 Å². The summed E-state index contributed by atoms with van der Waals surface area (Å²) in [5.41, 5.74) is 7.89. The van der Waals surface area contributed by atoms with E-state index in [0.29, 0.717) is 6.54 Å². The Balaban J connectivity index is 2.04. The predicted octanol–water partition coefficient (Wildman–Crippen LogP) is 2.06. The molecule has 0 unspecified atom stereocenters. The van der Waals surface area contributed by atoms with Gasteiger partial charge in [-0.25, -0.2) is 0 Å². The zero-order valence-corrected chi connectivity index (χ0v) is 11.3. The number of hydrogen-bond donors (Lipinski definition) is 1. The van der Waals surface area contributed by atoms with E-state index in [-0.39, 0.29) is 11.3 Å². The molecule has 2 rings (SSSR count). The van der Waals surface area contributed by atoms with Gasteiger partial charge < -0.3 is 10.6 Å². The molecule has 1 heterocycles. The first-order valence-electron chi connectivity index (χ1n) is 6.61. The highest BCUT2D eigenvalue weighted by atomic mass is 16.2. The van der Waals surface area contributed by atoms with Gasteiger partial charge in [0.25, 0.3) is 5.91 Å². The van der Waals surface area contributed by atoms with Crippen LogP contribution in [0.25, 0.3) is 0 Å². The maximum absolute atomic E-state index is 12.3. The molecule has 1 aliphatic rings. The molecule has 0 aromatic heterocycles. The third-order valence-electron chi connectivity index (χ3n) is 3.80. The van der Waals surface area contributed by atoms with E-state index in [1.165, 1.54) is 5.56 Å². The summed E-state index contributed by atoms with van der Waals surface area (Å²) in [7, 11) is 0. The van der Waals surface area contributed by atoms with Crippen LogP contribution in [-0.4, -0.2) is 30.4 Å². The number of rotatable bonds is 4. The molecule has 0 atom stereocenters. The lowest BCUT2D eigenvalue weighted by atomic mass is 9.89. The second-order valence-corrected chi connectivity index (χ2v) is 5.82. The molecule has 1 aromatic carbocycles. The van der Waals surface area contributed by atoms with Crippen LogP contribution in [0.4, 0.5) is 0 Å². The van der Waals surface area contributed by atoms with Gasteiger partial charge in [-0.05, 0) is 36.4 Å². The molecule has 0 bridgehead atoms. The SMILES string of the molecule is CC(C)(CN)CCN1CCc2ccccc2C1=O. The van der Waals surface area contributed by atoms with Gasteiger partial charge in [-0.1, -0.05) is 32.0 Å². The molecule has 0 saturated heterocycles. The summed E-state index contributed by atoms with van der Waals surface area (Å²) in [5.74, 6) is 0.171. The highest BCUT2D eigenvalue weighted by molar-refractivity contribution is 5.96. The summed E-state index contributed by atoms with van der Waals surface area (Å²) in [6, 6.07) is 7.91. The van der Waals surface area contributed by atoms with Crippen molar-refractivity contribution in [1.29, 1.82) is 0 Å². The molecule has 3 nitrogen and oxygen atoms in total. The van der Waals surface area contributed by atoms with Gasteiger partial charge in [0.05, 0.1) is 0 Å². The van der Waals surface area contributed by atoms with Crippen molar-refractivity contribution in [3.8, 4) is 0 Å². The molecule has 0 saturated carbocycles. The normalized spacial score (nSPS) is 15.7. The number of amides is 1. The molecule has 0 fully saturated rings. The van der Waals surface area contributed by atoms with Crippen molar-refractivity contribution in [1.82, 2.24) is 4.90 Å². The molecule has 1 aliphatic heterocycles. The second-order valence-electron chi connectivity index (χ2n) is 5.82. The van der Waals surface area contributed by atoms with E-state index in [9.17, 15) is 4.79 Å². The van der Waals surface area contributed by atoms with Crippen molar-refractivity contribution in [3.05, 3.63) is 35.4 Å². The fraction of sp³-hybridized carbons (Fsp3) is 0.533. The highest BCUT2D eigenvalue weighted by Crippen LogP contribution is 2.22. The van der Waals surface area contributed by atoms with Crippen LogP contribution in [-0.2, 0) is 6.42 Å². The Labute approximate surface area is 109 Å². The summed E-state index contributed by atoms with van der Waals surface area (Å²) < 4.78 is 0. The van der Waals surface area contributed by atoms with Crippen LogP contribution in [0, 0.1) is 5.41 Å². The topological polar surface area (TPSA) is 46.3 Å². The molecule has 0 radical (unpaired) electrons. The van der Waals surface area contributed by atoms with Crippen molar-refractivity contribution in [3.63, 3.8) is 0 Å². The number of hydrogen-bond acceptors (Lipinski definition) is 2. The van der Waals surface area contributed by atoms with Crippen LogP contribution in [0.3, 0.4) is 0 Å². The first-order chi connectivity index (χ1) is 8.53. The Bertz CT molecular complexity index is 440. The summed E-state index contributed by atoms with van der Waals surface area (Å²) in [6.45, 7) is 6.59. The van der Waals surface area contributed by atoms with E-state index >= 15 is 0 Å². The quantitative estimate of drug-likeness (QED) is 0.884. The summed E-state index contributed by atoms with van der Waals surface area (Å²) in [5, 5.41) is 0. The van der Waals surface area contributed by atoms with Crippen LogP contribution >= 0.6 is 0 Å².